The normalized spacial score (nSPS) is 12.7. The van der Waals surface area contributed by atoms with Crippen LogP contribution in [0.3, 0.4) is 0 Å². The van der Waals surface area contributed by atoms with Crippen molar-refractivity contribution in [3.8, 4) is 0 Å². The second kappa shape index (κ2) is 18.0. The molecule has 0 spiro atoms. The molecule has 0 aliphatic carbocycles. The molecule has 0 aliphatic heterocycles. The van der Waals surface area contributed by atoms with Gasteiger partial charge in [0.15, 0.2) is 0 Å². The van der Waals surface area contributed by atoms with E-state index < -0.39 is 0 Å². The molecule has 0 aliphatic rings. The first-order valence-electron chi connectivity index (χ1n) is 11.3. The highest BCUT2D eigenvalue weighted by molar-refractivity contribution is 7.19. The zero-order chi connectivity index (χ0) is 19.5. The van der Waals surface area contributed by atoms with E-state index in [2.05, 4.69) is 54.1 Å². The Morgan fingerprint density at radius 2 is 1.12 bits per heavy atom. The summed E-state index contributed by atoms with van der Waals surface area (Å²) in [6.45, 7) is 14.2. The summed E-state index contributed by atoms with van der Waals surface area (Å²) in [5, 5.41) is 0.218. The predicted molar refractivity (Wildman–Crippen MR) is 126 cm³/mol. The van der Waals surface area contributed by atoms with Gasteiger partial charge in [-0.3, -0.25) is 0 Å². The average Bonchev–Trinajstić information content (AvgIpc) is 2.62. The van der Waals surface area contributed by atoms with Crippen molar-refractivity contribution >= 4 is 9.24 Å². The fraction of sp³-hybridized carbons (Fsp3) is 0.760. The third-order valence-corrected chi connectivity index (χ3v) is 6.66. The van der Waals surface area contributed by atoms with E-state index in [9.17, 15) is 0 Å². The Kier molecular flexibility index (Phi) is 17.8. The summed E-state index contributed by atoms with van der Waals surface area (Å²) in [5.41, 5.74) is 0. The molecule has 0 heterocycles. The molecular formula is C25H47P. The third kappa shape index (κ3) is 12.9. The summed E-state index contributed by atoms with van der Waals surface area (Å²) in [6.07, 6.45) is 27.7. The monoisotopic (exact) mass is 378 g/mol. The zero-order valence-corrected chi connectivity index (χ0v) is 19.0. The van der Waals surface area contributed by atoms with Gasteiger partial charge < -0.3 is 0 Å². The Bertz CT molecular complexity index is 334. The molecule has 26 heavy (non-hydrogen) atoms. The summed E-state index contributed by atoms with van der Waals surface area (Å²) in [7, 11) is 3.12. The highest BCUT2D eigenvalue weighted by atomic mass is 31.0. The van der Waals surface area contributed by atoms with Crippen molar-refractivity contribution in [2.75, 3.05) is 0 Å². The van der Waals surface area contributed by atoms with Crippen LogP contribution in [0.4, 0.5) is 0 Å². The first-order valence-corrected chi connectivity index (χ1v) is 11.8. The van der Waals surface area contributed by atoms with E-state index in [0.717, 1.165) is 19.3 Å². The van der Waals surface area contributed by atoms with Crippen molar-refractivity contribution in [3.05, 3.63) is 38.0 Å². The summed E-state index contributed by atoms with van der Waals surface area (Å²) in [5.74, 6) is 0.670. The van der Waals surface area contributed by atoms with Gasteiger partial charge in [0, 0.05) is 0 Å². The molecule has 0 saturated carbocycles. The molecule has 0 N–H and O–H groups in total. The number of hydrogen-bond donors (Lipinski definition) is 0. The van der Waals surface area contributed by atoms with E-state index in [4.69, 9.17) is 0 Å². The lowest BCUT2D eigenvalue weighted by Gasteiger charge is -2.36. The van der Waals surface area contributed by atoms with Crippen molar-refractivity contribution < 1.29 is 0 Å². The smallest absolute Gasteiger partial charge is 0.00506 e. The molecule has 0 aromatic heterocycles. The van der Waals surface area contributed by atoms with Gasteiger partial charge in [-0.25, -0.2) is 0 Å². The average molecular weight is 379 g/mol. The van der Waals surface area contributed by atoms with Crippen molar-refractivity contribution in [1.29, 1.82) is 0 Å². The molecular weight excluding hydrogens is 331 g/mol. The molecule has 0 fully saturated rings. The maximum Gasteiger partial charge on any atom is -0.00506 e. The van der Waals surface area contributed by atoms with E-state index in [1.807, 2.05) is 0 Å². The van der Waals surface area contributed by atoms with Crippen LogP contribution in [0, 0.1) is 5.92 Å². The molecule has 0 rings (SSSR count). The molecule has 0 nitrogen and oxygen atoms in total. The summed E-state index contributed by atoms with van der Waals surface area (Å²) >= 11 is 0. The lowest BCUT2D eigenvalue weighted by Crippen LogP contribution is -2.30. The fourth-order valence-corrected chi connectivity index (χ4v) is 4.66. The standard InChI is InChI=1S/C25H47P/c1-5-9-10-11-12-13-14-15-16-17-18-19-21-24(20-6-2)25(26,22-7-3)23-8-4/h6-8,24H,2-5,9-23,26H2,1H3. The van der Waals surface area contributed by atoms with Gasteiger partial charge in [0.05, 0.1) is 0 Å². The number of unbranched alkanes of at least 4 members (excludes halogenated alkanes) is 11. The molecule has 152 valence electrons. The number of allylic oxidation sites excluding steroid dienone is 3. The summed E-state index contributed by atoms with van der Waals surface area (Å²) in [4.78, 5) is 0. The first-order chi connectivity index (χ1) is 12.6. The Morgan fingerprint density at radius 3 is 1.50 bits per heavy atom. The van der Waals surface area contributed by atoms with Gasteiger partial charge in [-0.1, -0.05) is 102 Å². The van der Waals surface area contributed by atoms with E-state index in [0.29, 0.717) is 5.92 Å². The second-order valence-electron chi connectivity index (χ2n) is 8.12. The van der Waals surface area contributed by atoms with Gasteiger partial charge in [-0.15, -0.1) is 29.0 Å². The minimum Gasteiger partial charge on any atom is -0.130 e. The van der Waals surface area contributed by atoms with Gasteiger partial charge in [0.2, 0.25) is 0 Å². The van der Waals surface area contributed by atoms with Crippen LogP contribution < -0.4 is 0 Å². The molecule has 0 amide bonds. The third-order valence-electron chi connectivity index (χ3n) is 5.72. The lowest BCUT2D eigenvalue weighted by atomic mass is 9.80. The summed E-state index contributed by atoms with van der Waals surface area (Å²) < 4.78 is 0. The van der Waals surface area contributed by atoms with E-state index in [1.165, 1.54) is 83.5 Å². The predicted octanol–water partition coefficient (Wildman–Crippen LogP) is 9.04. The zero-order valence-electron chi connectivity index (χ0n) is 17.8. The van der Waals surface area contributed by atoms with Gasteiger partial charge in [-0.05, 0) is 36.8 Å². The topological polar surface area (TPSA) is 0 Å². The molecule has 0 aromatic rings. The molecule has 0 bridgehead atoms. The second-order valence-corrected chi connectivity index (χ2v) is 9.27. The van der Waals surface area contributed by atoms with Crippen LogP contribution in [0.1, 0.15) is 110 Å². The van der Waals surface area contributed by atoms with Crippen LogP contribution in [-0.2, 0) is 0 Å². The molecule has 0 saturated heterocycles. The van der Waals surface area contributed by atoms with Gasteiger partial charge >= 0.3 is 0 Å². The van der Waals surface area contributed by atoms with Crippen LogP contribution in [0.5, 0.6) is 0 Å². The maximum absolute atomic E-state index is 3.98. The molecule has 1 heteroatoms. The van der Waals surface area contributed by atoms with Crippen molar-refractivity contribution in [3.63, 3.8) is 0 Å². The van der Waals surface area contributed by atoms with E-state index >= 15 is 0 Å². The number of rotatable bonds is 20. The van der Waals surface area contributed by atoms with E-state index in [-0.39, 0.29) is 5.16 Å². The van der Waals surface area contributed by atoms with Crippen LogP contribution in [-0.4, -0.2) is 5.16 Å². The fourth-order valence-electron chi connectivity index (χ4n) is 4.03. The van der Waals surface area contributed by atoms with Crippen molar-refractivity contribution in [2.24, 2.45) is 5.92 Å². The molecule has 2 unspecified atom stereocenters. The highest BCUT2D eigenvalue weighted by Gasteiger charge is 2.30. The van der Waals surface area contributed by atoms with Crippen LogP contribution in [0.2, 0.25) is 0 Å². The Balaban J connectivity index is 3.84. The Morgan fingerprint density at radius 1 is 0.692 bits per heavy atom. The minimum absolute atomic E-state index is 0.218. The largest absolute Gasteiger partial charge is 0.130 e. The van der Waals surface area contributed by atoms with Gasteiger partial charge in [-0.2, -0.15) is 0 Å². The van der Waals surface area contributed by atoms with Crippen LogP contribution in [0.15, 0.2) is 38.0 Å². The van der Waals surface area contributed by atoms with Crippen molar-refractivity contribution in [2.45, 2.75) is 115 Å². The number of hydrogen-bond acceptors (Lipinski definition) is 0. The first kappa shape index (κ1) is 25.6. The highest BCUT2D eigenvalue weighted by Crippen LogP contribution is 2.41. The molecule has 0 radical (unpaired) electrons. The lowest BCUT2D eigenvalue weighted by molar-refractivity contribution is 0.343. The van der Waals surface area contributed by atoms with Crippen molar-refractivity contribution in [1.82, 2.24) is 0 Å². The molecule has 0 aromatic carbocycles. The van der Waals surface area contributed by atoms with Crippen LogP contribution >= 0.6 is 9.24 Å². The minimum atomic E-state index is 0.218. The van der Waals surface area contributed by atoms with E-state index in [1.54, 1.807) is 0 Å². The Labute approximate surface area is 168 Å². The quantitative estimate of drug-likeness (QED) is 0.113. The Hall–Kier alpha value is -0.350. The molecule has 2 atom stereocenters. The van der Waals surface area contributed by atoms with Gasteiger partial charge in [0.25, 0.3) is 0 Å². The van der Waals surface area contributed by atoms with Gasteiger partial charge in [0.1, 0.15) is 0 Å². The maximum atomic E-state index is 3.98. The summed E-state index contributed by atoms with van der Waals surface area (Å²) in [6, 6.07) is 0. The van der Waals surface area contributed by atoms with Crippen LogP contribution in [0.25, 0.3) is 0 Å². The SMILES string of the molecule is C=CCC(CCCCCCCCCCCCCC)C(P)(CC=C)CC=C.